The highest BCUT2D eigenvalue weighted by Gasteiger charge is 2.17. The number of piperidine rings is 1. The second-order valence-corrected chi connectivity index (χ2v) is 5.68. The summed E-state index contributed by atoms with van der Waals surface area (Å²) in [6.07, 6.45) is 4.18. The molecule has 0 aromatic carbocycles. The molecule has 2 rings (SSSR count). The standard InChI is InChI=1S/C11H22N2S/c1-6-13(7-9-14-8-1)10-11-2-4-12-5-3-11/h11-12H,1-10H2. The monoisotopic (exact) mass is 214 g/mol. The van der Waals surface area contributed by atoms with Crippen molar-refractivity contribution < 1.29 is 0 Å². The first-order valence-electron chi connectivity index (χ1n) is 5.96. The van der Waals surface area contributed by atoms with Crippen LogP contribution in [0.4, 0.5) is 0 Å². The molecule has 0 unspecified atom stereocenters. The Morgan fingerprint density at radius 2 is 2.00 bits per heavy atom. The second kappa shape index (κ2) is 5.99. The minimum atomic E-state index is 0.972. The van der Waals surface area contributed by atoms with E-state index in [2.05, 4.69) is 22.0 Å². The highest BCUT2D eigenvalue weighted by molar-refractivity contribution is 7.99. The summed E-state index contributed by atoms with van der Waals surface area (Å²) < 4.78 is 0. The lowest BCUT2D eigenvalue weighted by Crippen LogP contribution is -2.37. The number of rotatable bonds is 2. The van der Waals surface area contributed by atoms with Crippen molar-refractivity contribution in [3.63, 3.8) is 0 Å². The van der Waals surface area contributed by atoms with Crippen LogP contribution in [-0.4, -0.2) is 49.1 Å². The zero-order valence-electron chi connectivity index (χ0n) is 9.00. The van der Waals surface area contributed by atoms with Gasteiger partial charge < -0.3 is 10.2 Å². The molecule has 2 fully saturated rings. The smallest absolute Gasteiger partial charge is 0.00725 e. The van der Waals surface area contributed by atoms with E-state index in [1.54, 1.807) is 0 Å². The largest absolute Gasteiger partial charge is 0.317 e. The van der Waals surface area contributed by atoms with Gasteiger partial charge in [0.05, 0.1) is 0 Å². The fourth-order valence-electron chi connectivity index (χ4n) is 2.41. The number of hydrogen-bond donors (Lipinski definition) is 1. The van der Waals surface area contributed by atoms with E-state index in [1.807, 2.05) is 0 Å². The molecule has 0 atom stereocenters. The third-order valence-corrected chi connectivity index (χ3v) is 4.34. The van der Waals surface area contributed by atoms with Gasteiger partial charge in [-0.1, -0.05) is 0 Å². The molecule has 82 valence electrons. The Labute approximate surface area is 91.8 Å². The quantitative estimate of drug-likeness (QED) is 0.748. The first-order chi connectivity index (χ1) is 6.95. The molecular weight excluding hydrogens is 192 g/mol. The summed E-state index contributed by atoms with van der Waals surface area (Å²) in [5, 5.41) is 3.44. The van der Waals surface area contributed by atoms with Gasteiger partial charge in [0.1, 0.15) is 0 Å². The summed E-state index contributed by atoms with van der Waals surface area (Å²) >= 11 is 2.13. The summed E-state index contributed by atoms with van der Waals surface area (Å²) in [6.45, 7) is 6.52. The maximum absolute atomic E-state index is 3.44. The Morgan fingerprint density at radius 3 is 2.86 bits per heavy atom. The summed E-state index contributed by atoms with van der Waals surface area (Å²) in [5.41, 5.74) is 0. The van der Waals surface area contributed by atoms with Crippen LogP contribution in [0.2, 0.25) is 0 Å². The van der Waals surface area contributed by atoms with E-state index in [1.165, 1.54) is 63.5 Å². The van der Waals surface area contributed by atoms with Crippen molar-refractivity contribution >= 4 is 11.8 Å². The zero-order chi connectivity index (χ0) is 9.64. The van der Waals surface area contributed by atoms with Crippen molar-refractivity contribution in [3.8, 4) is 0 Å². The molecule has 2 heterocycles. The van der Waals surface area contributed by atoms with Gasteiger partial charge in [-0.2, -0.15) is 11.8 Å². The average Bonchev–Trinajstić information content (AvgIpc) is 2.48. The molecular formula is C11H22N2S. The topological polar surface area (TPSA) is 15.3 Å². The van der Waals surface area contributed by atoms with Gasteiger partial charge in [-0.25, -0.2) is 0 Å². The van der Waals surface area contributed by atoms with Crippen molar-refractivity contribution in [1.29, 1.82) is 0 Å². The SMILES string of the molecule is C1CSCCN(CC2CCNCC2)C1. The molecule has 0 aromatic rings. The van der Waals surface area contributed by atoms with Crippen molar-refractivity contribution in [2.75, 3.05) is 44.2 Å². The third kappa shape index (κ3) is 3.44. The molecule has 1 N–H and O–H groups in total. The van der Waals surface area contributed by atoms with E-state index in [0.717, 1.165) is 5.92 Å². The molecule has 0 amide bonds. The van der Waals surface area contributed by atoms with Gasteiger partial charge in [0.2, 0.25) is 0 Å². The molecule has 2 aliphatic rings. The Hall–Kier alpha value is 0.270. The molecule has 3 heteroatoms. The van der Waals surface area contributed by atoms with Crippen molar-refractivity contribution in [1.82, 2.24) is 10.2 Å². The molecule has 0 aliphatic carbocycles. The van der Waals surface area contributed by atoms with E-state index < -0.39 is 0 Å². The molecule has 0 saturated carbocycles. The van der Waals surface area contributed by atoms with Crippen LogP contribution in [0, 0.1) is 5.92 Å². The van der Waals surface area contributed by atoms with Crippen LogP contribution in [0.1, 0.15) is 19.3 Å². The molecule has 14 heavy (non-hydrogen) atoms. The highest BCUT2D eigenvalue weighted by Crippen LogP contribution is 2.16. The Kier molecular flexibility index (Phi) is 4.61. The van der Waals surface area contributed by atoms with Gasteiger partial charge in [-0.05, 0) is 50.6 Å². The summed E-state index contributed by atoms with van der Waals surface area (Å²) in [4.78, 5) is 2.69. The van der Waals surface area contributed by atoms with E-state index in [0.29, 0.717) is 0 Å². The third-order valence-electron chi connectivity index (χ3n) is 3.29. The maximum atomic E-state index is 3.44. The minimum absolute atomic E-state index is 0.972. The van der Waals surface area contributed by atoms with Gasteiger partial charge in [-0.15, -0.1) is 0 Å². The Morgan fingerprint density at radius 1 is 1.14 bits per heavy atom. The van der Waals surface area contributed by atoms with Crippen LogP contribution in [0.5, 0.6) is 0 Å². The molecule has 0 aromatic heterocycles. The lowest BCUT2D eigenvalue weighted by molar-refractivity contribution is 0.218. The molecule has 2 saturated heterocycles. The lowest BCUT2D eigenvalue weighted by Gasteiger charge is -2.28. The predicted octanol–water partition coefficient (Wildman–Crippen LogP) is 1.42. The predicted molar refractivity (Wildman–Crippen MR) is 64.0 cm³/mol. The summed E-state index contributed by atoms with van der Waals surface area (Å²) in [5.74, 6) is 3.70. The second-order valence-electron chi connectivity index (χ2n) is 4.46. The number of thioether (sulfide) groups is 1. The summed E-state index contributed by atoms with van der Waals surface area (Å²) in [6, 6.07) is 0. The number of nitrogens with one attached hydrogen (secondary N) is 1. The van der Waals surface area contributed by atoms with E-state index in [-0.39, 0.29) is 0 Å². The molecule has 0 radical (unpaired) electrons. The van der Waals surface area contributed by atoms with Crippen LogP contribution in [-0.2, 0) is 0 Å². The van der Waals surface area contributed by atoms with E-state index in [9.17, 15) is 0 Å². The van der Waals surface area contributed by atoms with Gasteiger partial charge in [0, 0.05) is 18.8 Å². The molecule has 2 aliphatic heterocycles. The number of hydrogen-bond acceptors (Lipinski definition) is 3. The Bertz CT molecular complexity index is 149. The first-order valence-corrected chi connectivity index (χ1v) is 7.11. The van der Waals surface area contributed by atoms with E-state index in [4.69, 9.17) is 0 Å². The van der Waals surface area contributed by atoms with Crippen LogP contribution >= 0.6 is 11.8 Å². The number of nitrogens with zero attached hydrogens (tertiary/aromatic N) is 1. The fourth-order valence-corrected chi connectivity index (χ4v) is 3.33. The normalized spacial score (nSPS) is 27.4. The van der Waals surface area contributed by atoms with Crippen molar-refractivity contribution in [3.05, 3.63) is 0 Å². The van der Waals surface area contributed by atoms with Crippen LogP contribution < -0.4 is 5.32 Å². The van der Waals surface area contributed by atoms with Gasteiger partial charge in [0.15, 0.2) is 0 Å². The minimum Gasteiger partial charge on any atom is -0.317 e. The van der Waals surface area contributed by atoms with Crippen LogP contribution in [0.25, 0.3) is 0 Å². The first kappa shape index (κ1) is 10.8. The van der Waals surface area contributed by atoms with Gasteiger partial charge in [-0.3, -0.25) is 0 Å². The fraction of sp³-hybridized carbons (Fsp3) is 1.00. The van der Waals surface area contributed by atoms with E-state index >= 15 is 0 Å². The molecule has 0 bridgehead atoms. The van der Waals surface area contributed by atoms with Crippen molar-refractivity contribution in [2.24, 2.45) is 5.92 Å². The van der Waals surface area contributed by atoms with Crippen molar-refractivity contribution in [2.45, 2.75) is 19.3 Å². The van der Waals surface area contributed by atoms with Crippen LogP contribution in [0.15, 0.2) is 0 Å². The zero-order valence-corrected chi connectivity index (χ0v) is 9.82. The summed E-state index contributed by atoms with van der Waals surface area (Å²) in [7, 11) is 0. The lowest BCUT2D eigenvalue weighted by atomic mass is 9.97. The van der Waals surface area contributed by atoms with Gasteiger partial charge in [0.25, 0.3) is 0 Å². The maximum Gasteiger partial charge on any atom is 0.00725 e. The molecule has 2 nitrogen and oxygen atoms in total. The highest BCUT2D eigenvalue weighted by atomic mass is 32.2. The molecule has 0 spiro atoms. The van der Waals surface area contributed by atoms with Gasteiger partial charge >= 0.3 is 0 Å². The Balaban J connectivity index is 1.71. The van der Waals surface area contributed by atoms with Crippen LogP contribution in [0.3, 0.4) is 0 Å². The average molecular weight is 214 g/mol.